The minimum Gasteiger partial charge on any atom is -0.338 e. The molecule has 5 heteroatoms. The van der Waals surface area contributed by atoms with Crippen LogP contribution in [0.1, 0.15) is 5.56 Å². The van der Waals surface area contributed by atoms with Crippen molar-refractivity contribution in [3.63, 3.8) is 0 Å². The number of hydrogen-bond donors (Lipinski definition) is 2. The average molecular weight is 292 g/mol. The smallest absolute Gasteiger partial charge is 0.138 e. The first-order chi connectivity index (χ1) is 9.17. The van der Waals surface area contributed by atoms with E-state index in [9.17, 15) is 0 Å². The van der Waals surface area contributed by atoms with Crippen LogP contribution in [0.15, 0.2) is 36.4 Å². The third-order valence-corrected chi connectivity index (χ3v) is 3.71. The van der Waals surface area contributed by atoms with Crippen molar-refractivity contribution < 1.29 is 0 Å². The standard InChI is InChI=1S/C14H11Cl2N3/c15-10-5-12-13(6-11(10)16)19-14(18-12)9-3-1-8(7-17)2-4-9/h1-6H,7,17H2,(H,18,19). The Balaban J connectivity index is 2.09. The maximum absolute atomic E-state index is 5.99. The summed E-state index contributed by atoms with van der Waals surface area (Å²) in [7, 11) is 0. The minimum absolute atomic E-state index is 0.505. The Hall–Kier alpha value is -1.55. The first kappa shape index (κ1) is 12.5. The van der Waals surface area contributed by atoms with Gasteiger partial charge in [-0.15, -0.1) is 0 Å². The Morgan fingerprint density at radius 1 is 1.05 bits per heavy atom. The molecule has 3 nitrogen and oxygen atoms in total. The molecule has 96 valence electrons. The van der Waals surface area contributed by atoms with E-state index in [4.69, 9.17) is 28.9 Å². The number of hydrogen-bond acceptors (Lipinski definition) is 2. The van der Waals surface area contributed by atoms with E-state index in [1.165, 1.54) is 0 Å². The van der Waals surface area contributed by atoms with Crippen LogP contribution in [0.2, 0.25) is 10.0 Å². The number of imidazole rings is 1. The SMILES string of the molecule is NCc1ccc(-c2nc3cc(Cl)c(Cl)cc3[nH]2)cc1. The zero-order chi connectivity index (χ0) is 13.4. The molecule has 0 fully saturated rings. The minimum atomic E-state index is 0.505. The van der Waals surface area contributed by atoms with Gasteiger partial charge >= 0.3 is 0 Å². The average Bonchev–Trinajstić information content (AvgIpc) is 2.82. The number of aromatic amines is 1. The highest BCUT2D eigenvalue weighted by Crippen LogP contribution is 2.28. The van der Waals surface area contributed by atoms with Gasteiger partial charge in [0.15, 0.2) is 0 Å². The lowest BCUT2D eigenvalue weighted by Gasteiger charge is -1.98. The van der Waals surface area contributed by atoms with Crippen LogP contribution in [0.3, 0.4) is 0 Å². The molecule has 3 rings (SSSR count). The molecule has 0 aliphatic heterocycles. The Morgan fingerprint density at radius 2 is 1.74 bits per heavy atom. The first-order valence-electron chi connectivity index (χ1n) is 5.81. The van der Waals surface area contributed by atoms with E-state index in [-0.39, 0.29) is 0 Å². The Labute approximate surface area is 120 Å². The van der Waals surface area contributed by atoms with Gasteiger partial charge in [0.1, 0.15) is 5.82 Å². The van der Waals surface area contributed by atoms with Gasteiger partial charge in [0, 0.05) is 12.1 Å². The van der Waals surface area contributed by atoms with E-state index in [0.29, 0.717) is 16.6 Å². The monoisotopic (exact) mass is 291 g/mol. The lowest BCUT2D eigenvalue weighted by Crippen LogP contribution is -1.95. The summed E-state index contributed by atoms with van der Waals surface area (Å²) in [5.74, 6) is 0.789. The van der Waals surface area contributed by atoms with Crippen LogP contribution in [-0.2, 0) is 6.54 Å². The van der Waals surface area contributed by atoms with Gasteiger partial charge in [-0.2, -0.15) is 0 Å². The van der Waals surface area contributed by atoms with Crippen LogP contribution in [0.5, 0.6) is 0 Å². The number of halogens is 2. The van der Waals surface area contributed by atoms with E-state index in [1.54, 1.807) is 12.1 Å². The predicted octanol–water partition coefficient (Wildman–Crippen LogP) is 4.00. The maximum Gasteiger partial charge on any atom is 0.138 e. The summed E-state index contributed by atoms with van der Waals surface area (Å²) in [4.78, 5) is 7.74. The molecule has 0 bridgehead atoms. The van der Waals surface area contributed by atoms with Gasteiger partial charge in [0.25, 0.3) is 0 Å². The van der Waals surface area contributed by atoms with Crippen LogP contribution >= 0.6 is 23.2 Å². The number of nitrogens with one attached hydrogen (secondary N) is 1. The Morgan fingerprint density at radius 3 is 2.42 bits per heavy atom. The van der Waals surface area contributed by atoms with Gasteiger partial charge < -0.3 is 10.7 Å². The normalized spacial score (nSPS) is 11.1. The largest absolute Gasteiger partial charge is 0.338 e. The second-order valence-electron chi connectivity index (χ2n) is 4.27. The molecule has 0 saturated carbocycles. The third kappa shape index (κ3) is 2.32. The molecule has 1 aromatic heterocycles. The predicted molar refractivity (Wildman–Crippen MR) is 79.4 cm³/mol. The fourth-order valence-electron chi connectivity index (χ4n) is 1.94. The Bertz CT molecular complexity index is 693. The van der Waals surface area contributed by atoms with Crippen LogP contribution < -0.4 is 5.73 Å². The zero-order valence-corrected chi connectivity index (χ0v) is 11.5. The zero-order valence-electron chi connectivity index (χ0n) is 9.95. The molecule has 0 unspecified atom stereocenters. The quantitative estimate of drug-likeness (QED) is 0.750. The van der Waals surface area contributed by atoms with Gasteiger partial charge in [-0.05, 0) is 17.7 Å². The second-order valence-corrected chi connectivity index (χ2v) is 5.08. The van der Waals surface area contributed by atoms with Crippen molar-refractivity contribution in [1.82, 2.24) is 9.97 Å². The molecule has 0 radical (unpaired) electrons. The second kappa shape index (κ2) is 4.85. The van der Waals surface area contributed by atoms with E-state index in [2.05, 4.69) is 9.97 Å². The van der Waals surface area contributed by atoms with E-state index in [0.717, 1.165) is 28.0 Å². The molecule has 1 heterocycles. The highest BCUT2D eigenvalue weighted by atomic mass is 35.5. The van der Waals surface area contributed by atoms with Crippen LogP contribution in [0.4, 0.5) is 0 Å². The molecule has 0 aliphatic carbocycles. The number of nitrogens with zero attached hydrogens (tertiary/aromatic N) is 1. The van der Waals surface area contributed by atoms with Gasteiger partial charge in [0.2, 0.25) is 0 Å². The topological polar surface area (TPSA) is 54.7 Å². The summed E-state index contributed by atoms with van der Waals surface area (Å²) in [5.41, 5.74) is 9.34. The van der Waals surface area contributed by atoms with Gasteiger partial charge in [-0.3, -0.25) is 0 Å². The molecule has 3 N–H and O–H groups in total. The molecular formula is C14H11Cl2N3. The highest BCUT2D eigenvalue weighted by Gasteiger charge is 2.08. The van der Waals surface area contributed by atoms with Gasteiger partial charge in [-0.25, -0.2) is 4.98 Å². The van der Waals surface area contributed by atoms with Gasteiger partial charge in [-0.1, -0.05) is 47.5 Å². The molecule has 19 heavy (non-hydrogen) atoms. The molecule has 0 saturated heterocycles. The lowest BCUT2D eigenvalue weighted by atomic mass is 10.1. The number of rotatable bonds is 2. The number of fused-ring (bicyclic) bond motifs is 1. The number of nitrogens with two attached hydrogens (primary N) is 1. The Kier molecular flexibility index (Phi) is 3.19. The molecule has 3 aromatic rings. The fraction of sp³-hybridized carbons (Fsp3) is 0.0714. The van der Waals surface area contributed by atoms with Crippen molar-refractivity contribution in [1.29, 1.82) is 0 Å². The van der Waals surface area contributed by atoms with Crippen molar-refractivity contribution >= 4 is 34.2 Å². The van der Waals surface area contributed by atoms with E-state index < -0.39 is 0 Å². The van der Waals surface area contributed by atoms with Gasteiger partial charge in [0.05, 0.1) is 21.1 Å². The van der Waals surface area contributed by atoms with Crippen LogP contribution in [-0.4, -0.2) is 9.97 Å². The number of benzene rings is 2. The van der Waals surface area contributed by atoms with Crippen LogP contribution in [0.25, 0.3) is 22.4 Å². The van der Waals surface area contributed by atoms with E-state index in [1.807, 2.05) is 24.3 Å². The first-order valence-corrected chi connectivity index (χ1v) is 6.57. The summed E-state index contributed by atoms with van der Waals surface area (Å²) in [6.45, 7) is 0.533. The maximum atomic E-state index is 5.99. The van der Waals surface area contributed by atoms with Crippen molar-refractivity contribution in [2.75, 3.05) is 0 Å². The summed E-state index contributed by atoms with van der Waals surface area (Å²) in [6, 6.07) is 11.5. The number of H-pyrrole nitrogens is 1. The third-order valence-electron chi connectivity index (χ3n) is 2.99. The molecular weight excluding hydrogens is 281 g/mol. The highest BCUT2D eigenvalue weighted by molar-refractivity contribution is 6.42. The van der Waals surface area contributed by atoms with Crippen molar-refractivity contribution in [3.8, 4) is 11.4 Å². The van der Waals surface area contributed by atoms with E-state index >= 15 is 0 Å². The number of aromatic nitrogens is 2. The van der Waals surface area contributed by atoms with Crippen molar-refractivity contribution in [3.05, 3.63) is 52.0 Å². The summed E-state index contributed by atoms with van der Waals surface area (Å²) in [5, 5.41) is 1.02. The summed E-state index contributed by atoms with van der Waals surface area (Å²) >= 11 is 12.0. The molecule has 0 aliphatic rings. The molecule has 0 atom stereocenters. The molecule has 2 aromatic carbocycles. The summed E-state index contributed by atoms with van der Waals surface area (Å²) < 4.78 is 0. The van der Waals surface area contributed by atoms with Crippen LogP contribution in [0, 0.1) is 0 Å². The lowest BCUT2D eigenvalue weighted by molar-refractivity contribution is 1.07. The summed E-state index contributed by atoms with van der Waals surface area (Å²) in [6.07, 6.45) is 0. The molecule has 0 amide bonds. The fourth-order valence-corrected chi connectivity index (χ4v) is 2.26. The van der Waals surface area contributed by atoms with Crippen molar-refractivity contribution in [2.45, 2.75) is 6.54 Å². The van der Waals surface area contributed by atoms with Crippen molar-refractivity contribution in [2.24, 2.45) is 5.73 Å². The molecule has 0 spiro atoms.